The Bertz CT molecular complexity index is 1230. The molecule has 4 rings (SSSR count). The van der Waals surface area contributed by atoms with E-state index in [1.54, 1.807) is 12.1 Å². The predicted molar refractivity (Wildman–Crippen MR) is 127 cm³/mol. The van der Waals surface area contributed by atoms with Crippen molar-refractivity contribution in [1.82, 2.24) is 15.2 Å². The van der Waals surface area contributed by atoms with Crippen molar-refractivity contribution in [2.75, 3.05) is 12.3 Å². The van der Waals surface area contributed by atoms with Gasteiger partial charge in [0, 0.05) is 47.2 Å². The molecule has 0 aliphatic carbocycles. The van der Waals surface area contributed by atoms with Crippen LogP contribution in [0.15, 0.2) is 36.4 Å². The molecule has 8 heteroatoms. The number of rotatable bonds is 7. The predicted octanol–water partition coefficient (Wildman–Crippen LogP) is 3.41. The number of carbonyl (C=O) groups is 2. The monoisotopic (exact) mass is 449 g/mol. The first-order valence-electron chi connectivity index (χ1n) is 11.1. The fourth-order valence-corrected chi connectivity index (χ4v) is 4.55. The molecule has 1 aromatic heterocycles. The molecule has 2 amide bonds. The second kappa shape index (κ2) is 9.05. The molecule has 1 atom stereocenters. The van der Waals surface area contributed by atoms with Crippen LogP contribution in [-0.4, -0.2) is 35.2 Å². The average Bonchev–Trinajstić information content (AvgIpc) is 3.32. The Balaban J connectivity index is 1.79. The van der Waals surface area contributed by atoms with Gasteiger partial charge >= 0.3 is 0 Å². The molecule has 1 fully saturated rings. The number of aromatic nitrogens is 1. The molecule has 1 aliphatic heterocycles. The number of benzene rings is 2. The number of fused-ring (bicyclic) bond motifs is 1. The molecule has 1 unspecified atom stereocenters. The summed E-state index contributed by atoms with van der Waals surface area (Å²) in [6.45, 7) is 4.71. The summed E-state index contributed by atoms with van der Waals surface area (Å²) < 4.78 is 15.7. The minimum Gasteiger partial charge on any atom is -0.398 e. The number of carbonyl (C=O) groups excluding carboxylic acids is 2. The average molecular weight is 450 g/mol. The topological polar surface area (TPSA) is 113 Å². The van der Waals surface area contributed by atoms with E-state index in [2.05, 4.69) is 29.0 Å². The second-order valence-electron chi connectivity index (χ2n) is 8.67. The summed E-state index contributed by atoms with van der Waals surface area (Å²) >= 11 is 0. The lowest BCUT2D eigenvalue weighted by atomic mass is 9.98. The van der Waals surface area contributed by atoms with Gasteiger partial charge in [-0.15, -0.1) is 0 Å². The van der Waals surface area contributed by atoms with Crippen molar-refractivity contribution < 1.29 is 14.0 Å². The Morgan fingerprint density at radius 2 is 2.06 bits per heavy atom. The van der Waals surface area contributed by atoms with Gasteiger partial charge in [-0.3, -0.25) is 9.59 Å². The van der Waals surface area contributed by atoms with Crippen LogP contribution in [-0.2, 0) is 16.0 Å². The van der Waals surface area contributed by atoms with Crippen molar-refractivity contribution in [1.29, 1.82) is 5.41 Å². The lowest BCUT2D eigenvalue weighted by Gasteiger charge is -2.16. The Morgan fingerprint density at radius 3 is 2.67 bits per heavy atom. The van der Waals surface area contributed by atoms with Crippen LogP contribution in [0.3, 0.4) is 0 Å². The van der Waals surface area contributed by atoms with Crippen molar-refractivity contribution >= 4 is 34.6 Å². The Kier molecular flexibility index (Phi) is 6.18. The van der Waals surface area contributed by atoms with Crippen LogP contribution in [0.2, 0.25) is 0 Å². The Labute approximate surface area is 191 Å². The van der Waals surface area contributed by atoms with E-state index in [9.17, 15) is 14.0 Å². The van der Waals surface area contributed by atoms with E-state index in [0.29, 0.717) is 30.6 Å². The number of halogens is 1. The van der Waals surface area contributed by atoms with Gasteiger partial charge in [0.2, 0.25) is 11.8 Å². The van der Waals surface area contributed by atoms with Gasteiger partial charge in [0.25, 0.3) is 0 Å². The maximum Gasteiger partial charge on any atom is 0.242 e. The van der Waals surface area contributed by atoms with Crippen LogP contribution < -0.4 is 16.4 Å². The zero-order valence-electron chi connectivity index (χ0n) is 18.7. The third kappa shape index (κ3) is 4.33. The van der Waals surface area contributed by atoms with E-state index >= 15 is 0 Å². The maximum absolute atomic E-state index is 13.6. The molecule has 5 N–H and O–H groups in total. The highest BCUT2D eigenvalue weighted by Gasteiger charge is 2.26. The van der Waals surface area contributed by atoms with E-state index in [1.807, 2.05) is 12.1 Å². The van der Waals surface area contributed by atoms with Gasteiger partial charge in [0.05, 0.1) is 5.52 Å². The van der Waals surface area contributed by atoms with E-state index in [0.717, 1.165) is 27.8 Å². The van der Waals surface area contributed by atoms with Gasteiger partial charge < -0.3 is 26.3 Å². The van der Waals surface area contributed by atoms with Crippen LogP contribution in [0, 0.1) is 11.2 Å². The van der Waals surface area contributed by atoms with Crippen molar-refractivity contribution in [3.05, 3.63) is 59.0 Å². The molecule has 3 aromatic rings. The summed E-state index contributed by atoms with van der Waals surface area (Å²) in [5, 5.41) is 14.2. The first-order chi connectivity index (χ1) is 15.8. The molecule has 2 aromatic carbocycles. The molecule has 2 heterocycles. The third-order valence-corrected chi connectivity index (χ3v) is 6.09. The van der Waals surface area contributed by atoms with Gasteiger partial charge in [-0.1, -0.05) is 13.8 Å². The highest BCUT2D eigenvalue weighted by Crippen LogP contribution is 2.37. The van der Waals surface area contributed by atoms with Crippen LogP contribution >= 0.6 is 0 Å². The van der Waals surface area contributed by atoms with E-state index in [1.165, 1.54) is 18.3 Å². The minimum absolute atomic E-state index is 0.103. The summed E-state index contributed by atoms with van der Waals surface area (Å²) in [4.78, 5) is 24.4. The largest absolute Gasteiger partial charge is 0.398 e. The number of anilines is 1. The van der Waals surface area contributed by atoms with Crippen molar-refractivity contribution in [2.45, 2.75) is 45.1 Å². The molecular formula is C25H28FN5O2. The smallest absolute Gasteiger partial charge is 0.242 e. The van der Waals surface area contributed by atoms with E-state index in [-0.39, 0.29) is 30.0 Å². The molecule has 0 radical (unpaired) electrons. The van der Waals surface area contributed by atoms with Gasteiger partial charge in [-0.2, -0.15) is 0 Å². The number of amides is 2. The molecular weight excluding hydrogens is 421 g/mol. The van der Waals surface area contributed by atoms with Crippen LogP contribution in [0.5, 0.6) is 0 Å². The molecule has 1 saturated heterocycles. The van der Waals surface area contributed by atoms with Crippen LogP contribution in [0.1, 0.15) is 49.4 Å². The zero-order valence-corrected chi connectivity index (χ0v) is 18.7. The highest BCUT2D eigenvalue weighted by molar-refractivity contribution is 5.98. The van der Waals surface area contributed by atoms with E-state index < -0.39 is 6.04 Å². The van der Waals surface area contributed by atoms with Crippen molar-refractivity contribution in [2.24, 2.45) is 0 Å². The molecule has 0 bridgehead atoms. The van der Waals surface area contributed by atoms with Crippen molar-refractivity contribution in [3.63, 3.8) is 0 Å². The SMILES string of the molecule is CC(C)c1c(CCC(=O)NC2CCNC2=O)c2cc(N)c(C=N)cc2n1-c1ccc(F)cc1. The zero-order chi connectivity index (χ0) is 23.7. The summed E-state index contributed by atoms with van der Waals surface area (Å²) in [5.41, 5.74) is 10.9. The number of hydrogen-bond acceptors (Lipinski definition) is 4. The first-order valence-corrected chi connectivity index (χ1v) is 11.1. The summed E-state index contributed by atoms with van der Waals surface area (Å²) in [6.07, 6.45) is 2.49. The fourth-order valence-electron chi connectivity index (χ4n) is 4.55. The number of hydrogen-bond donors (Lipinski definition) is 4. The molecule has 0 spiro atoms. The van der Waals surface area contributed by atoms with Crippen molar-refractivity contribution in [3.8, 4) is 5.69 Å². The fraction of sp³-hybridized carbons (Fsp3) is 0.320. The maximum atomic E-state index is 13.6. The highest BCUT2D eigenvalue weighted by atomic mass is 19.1. The molecule has 1 aliphatic rings. The standard InChI is InChI=1S/C25H28FN5O2/c1-14(2)24-18(7-8-23(32)30-21-9-10-29-25(21)33)19-12-20(28)15(13-27)11-22(19)31(24)17-5-3-16(26)4-6-17/h3-6,11-14,21,27H,7-10,28H2,1-2H3,(H,29,33)(H,30,32). The van der Waals surface area contributed by atoms with Crippen LogP contribution in [0.25, 0.3) is 16.6 Å². The second-order valence-corrected chi connectivity index (χ2v) is 8.67. The number of nitrogen functional groups attached to an aromatic ring is 1. The minimum atomic E-state index is -0.478. The van der Waals surface area contributed by atoms with Gasteiger partial charge in [-0.25, -0.2) is 4.39 Å². The lowest BCUT2D eigenvalue weighted by Crippen LogP contribution is -2.40. The Hall–Kier alpha value is -3.68. The van der Waals surface area contributed by atoms with Gasteiger partial charge in [0.1, 0.15) is 11.9 Å². The number of nitrogens with one attached hydrogen (secondary N) is 3. The quantitative estimate of drug-likeness (QED) is 0.327. The van der Waals surface area contributed by atoms with Gasteiger partial charge in [-0.05, 0) is 60.7 Å². The van der Waals surface area contributed by atoms with Crippen LogP contribution in [0.4, 0.5) is 10.1 Å². The molecule has 172 valence electrons. The number of aryl methyl sites for hydroxylation is 1. The summed E-state index contributed by atoms with van der Waals surface area (Å²) in [6, 6.07) is 9.50. The normalized spacial score (nSPS) is 15.8. The summed E-state index contributed by atoms with van der Waals surface area (Å²) in [7, 11) is 0. The number of nitrogens with two attached hydrogens (primary N) is 1. The van der Waals surface area contributed by atoms with E-state index in [4.69, 9.17) is 11.1 Å². The summed E-state index contributed by atoms with van der Waals surface area (Å²) in [5.74, 6) is -0.547. The molecule has 33 heavy (non-hydrogen) atoms. The third-order valence-electron chi connectivity index (χ3n) is 6.09. The molecule has 7 nitrogen and oxygen atoms in total. The van der Waals surface area contributed by atoms with Gasteiger partial charge in [0.15, 0.2) is 0 Å². The number of nitrogens with zero attached hydrogens (tertiary/aromatic N) is 1. The lowest BCUT2D eigenvalue weighted by molar-refractivity contribution is -0.127. The molecule has 0 saturated carbocycles. The Morgan fingerprint density at radius 1 is 1.33 bits per heavy atom. The first kappa shape index (κ1) is 22.5.